The number of hydrogen-bond donors (Lipinski definition) is 1. The highest BCUT2D eigenvalue weighted by molar-refractivity contribution is 9.10. The van der Waals surface area contributed by atoms with E-state index >= 15 is 0 Å². The average molecular weight is 384 g/mol. The van der Waals surface area contributed by atoms with Gasteiger partial charge in [-0.05, 0) is 47.1 Å². The molecule has 0 radical (unpaired) electrons. The number of nitrogens with zero attached hydrogens (tertiary/aromatic N) is 3. The van der Waals surface area contributed by atoms with Crippen molar-refractivity contribution in [3.05, 3.63) is 57.0 Å². The van der Waals surface area contributed by atoms with Crippen LogP contribution in [-0.4, -0.2) is 23.3 Å². The molecule has 2 aromatic rings. The maximum Gasteiger partial charge on any atom is 0.151 e. The average Bonchev–Trinajstić information content (AvgIpc) is 2.60. The number of aliphatic imine (C=N–C) groups is 1. The number of benzene rings is 1. The van der Waals surface area contributed by atoms with Crippen LogP contribution in [-0.2, 0) is 0 Å². The third-order valence-corrected chi connectivity index (χ3v) is 4.69. The van der Waals surface area contributed by atoms with Crippen LogP contribution in [0.1, 0.15) is 18.2 Å². The molecule has 1 atom stereocenters. The van der Waals surface area contributed by atoms with E-state index < -0.39 is 5.82 Å². The number of halogens is 3. The second-order valence-corrected chi connectivity index (χ2v) is 6.30. The van der Waals surface area contributed by atoms with Crippen LogP contribution in [0.2, 0.25) is 5.02 Å². The Kier molecular flexibility index (Phi) is 4.16. The Morgan fingerprint density at radius 3 is 2.91 bits per heavy atom. The zero-order valence-electron chi connectivity index (χ0n) is 11.7. The number of benzodiazepines with no additional fused rings is 1. The number of nitrogens with two attached hydrogens (primary N) is 1. The highest BCUT2D eigenvalue weighted by Gasteiger charge is 2.27. The molecule has 22 heavy (non-hydrogen) atoms. The number of anilines is 1. The molecule has 1 unspecified atom stereocenters. The maximum absolute atomic E-state index is 14.2. The predicted molar refractivity (Wildman–Crippen MR) is 90.0 cm³/mol. The summed E-state index contributed by atoms with van der Waals surface area (Å²) in [6, 6.07) is 6.41. The Morgan fingerprint density at radius 1 is 1.41 bits per heavy atom. The fourth-order valence-corrected chi connectivity index (χ4v) is 3.03. The molecule has 0 amide bonds. The van der Waals surface area contributed by atoms with E-state index in [0.717, 1.165) is 0 Å². The molecule has 0 saturated carbocycles. The molecule has 2 heterocycles. The lowest BCUT2D eigenvalue weighted by molar-refractivity contribution is 0.617. The van der Waals surface area contributed by atoms with Crippen molar-refractivity contribution in [2.45, 2.75) is 13.0 Å². The van der Waals surface area contributed by atoms with Crippen molar-refractivity contribution < 1.29 is 4.39 Å². The Bertz CT molecular complexity index is 765. The highest BCUT2D eigenvalue weighted by atomic mass is 79.9. The molecule has 0 aliphatic carbocycles. The Hall–Kier alpha value is -1.50. The minimum atomic E-state index is -0.444. The Balaban J connectivity index is 2.32. The SMILES string of the molecule is CC1CN(N)c2ccc(Br)c(Cl)c2C(c2ncccc2F)=N1. The van der Waals surface area contributed by atoms with Gasteiger partial charge in [0, 0.05) is 16.2 Å². The summed E-state index contributed by atoms with van der Waals surface area (Å²) in [4.78, 5) is 8.72. The first-order chi connectivity index (χ1) is 10.5. The molecule has 3 rings (SSSR count). The Morgan fingerprint density at radius 2 is 2.18 bits per heavy atom. The van der Waals surface area contributed by atoms with Gasteiger partial charge < -0.3 is 5.01 Å². The van der Waals surface area contributed by atoms with Crippen LogP contribution in [0.5, 0.6) is 0 Å². The van der Waals surface area contributed by atoms with Crippen LogP contribution < -0.4 is 10.9 Å². The van der Waals surface area contributed by atoms with Crippen LogP contribution in [0.4, 0.5) is 10.1 Å². The largest absolute Gasteiger partial charge is 0.308 e. The lowest BCUT2D eigenvalue weighted by Crippen LogP contribution is -2.36. The number of rotatable bonds is 1. The van der Waals surface area contributed by atoms with Crippen molar-refractivity contribution in [1.82, 2.24) is 4.98 Å². The summed E-state index contributed by atoms with van der Waals surface area (Å²) in [6.45, 7) is 2.42. The molecular formula is C15H13BrClFN4. The quantitative estimate of drug-likeness (QED) is 0.766. The van der Waals surface area contributed by atoms with Gasteiger partial charge in [0.15, 0.2) is 5.82 Å². The van der Waals surface area contributed by atoms with Gasteiger partial charge in [-0.3, -0.25) is 9.98 Å². The smallest absolute Gasteiger partial charge is 0.151 e. The first-order valence-electron chi connectivity index (χ1n) is 6.68. The van der Waals surface area contributed by atoms with Gasteiger partial charge in [-0.15, -0.1) is 0 Å². The monoisotopic (exact) mass is 382 g/mol. The fraction of sp³-hybridized carbons (Fsp3) is 0.200. The first kappa shape index (κ1) is 15.4. The molecule has 1 aromatic carbocycles. The number of pyridine rings is 1. The summed E-state index contributed by atoms with van der Waals surface area (Å²) in [5, 5.41) is 2.02. The van der Waals surface area contributed by atoms with E-state index in [1.807, 2.05) is 19.1 Å². The van der Waals surface area contributed by atoms with Gasteiger partial charge >= 0.3 is 0 Å². The van der Waals surface area contributed by atoms with Crippen molar-refractivity contribution in [2.24, 2.45) is 10.8 Å². The first-order valence-corrected chi connectivity index (χ1v) is 7.85. The predicted octanol–water partition coefficient (Wildman–Crippen LogP) is 3.56. The molecule has 1 aromatic heterocycles. The summed E-state index contributed by atoms with van der Waals surface area (Å²) in [5.41, 5.74) is 1.87. The van der Waals surface area contributed by atoms with Crippen molar-refractivity contribution in [3.8, 4) is 0 Å². The standard InChI is InChI=1S/C15H13BrClFN4/c1-8-7-22(19)11-5-4-9(16)13(17)12(11)15(21-8)14-10(18)3-2-6-20-14/h2-6,8H,7,19H2,1H3. The van der Waals surface area contributed by atoms with E-state index in [1.165, 1.54) is 18.3 Å². The third kappa shape index (κ3) is 2.62. The van der Waals surface area contributed by atoms with Gasteiger partial charge in [0.2, 0.25) is 0 Å². The molecule has 1 aliphatic heterocycles. The Labute approximate surface area is 140 Å². The summed E-state index contributed by atoms with van der Waals surface area (Å²) < 4.78 is 14.9. The van der Waals surface area contributed by atoms with Crippen LogP contribution in [0.25, 0.3) is 0 Å². The molecule has 7 heteroatoms. The van der Waals surface area contributed by atoms with E-state index in [1.54, 1.807) is 5.01 Å². The highest BCUT2D eigenvalue weighted by Crippen LogP contribution is 2.36. The molecule has 1 aliphatic rings. The lowest BCUT2D eigenvalue weighted by atomic mass is 10.0. The van der Waals surface area contributed by atoms with Gasteiger partial charge in [0.05, 0.1) is 29.0 Å². The minimum Gasteiger partial charge on any atom is -0.308 e. The number of fused-ring (bicyclic) bond motifs is 1. The second kappa shape index (κ2) is 5.95. The van der Waals surface area contributed by atoms with Gasteiger partial charge in [0.1, 0.15) is 5.69 Å². The van der Waals surface area contributed by atoms with Crippen LogP contribution in [0.3, 0.4) is 0 Å². The zero-order chi connectivity index (χ0) is 15.9. The molecule has 0 fully saturated rings. The number of aromatic nitrogens is 1. The molecule has 0 spiro atoms. The number of hydrazine groups is 1. The lowest BCUT2D eigenvalue weighted by Gasteiger charge is -2.21. The zero-order valence-corrected chi connectivity index (χ0v) is 14.1. The van der Waals surface area contributed by atoms with Crippen molar-refractivity contribution >= 4 is 38.9 Å². The van der Waals surface area contributed by atoms with E-state index in [2.05, 4.69) is 25.9 Å². The summed E-state index contributed by atoms with van der Waals surface area (Å²) in [6.07, 6.45) is 1.53. The van der Waals surface area contributed by atoms with Gasteiger partial charge in [-0.2, -0.15) is 0 Å². The van der Waals surface area contributed by atoms with Crippen LogP contribution in [0, 0.1) is 5.82 Å². The molecular weight excluding hydrogens is 371 g/mol. The van der Waals surface area contributed by atoms with Gasteiger partial charge in [-0.25, -0.2) is 10.2 Å². The third-order valence-electron chi connectivity index (χ3n) is 3.41. The molecule has 0 saturated heterocycles. The second-order valence-electron chi connectivity index (χ2n) is 5.07. The molecule has 2 N–H and O–H groups in total. The topological polar surface area (TPSA) is 54.5 Å². The number of hydrogen-bond acceptors (Lipinski definition) is 4. The van der Waals surface area contributed by atoms with E-state index in [4.69, 9.17) is 17.4 Å². The molecule has 0 bridgehead atoms. The fourth-order valence-electron chi connectivity index (χ4n) is 2.45. The van der Waals surface area contributed by atoms with Crippen LogP contribution >= 0.6 is 27.5 Å². The van der Waals surface area contributed by atoms with Crippen LogP contribution in [0.15, 0.2) is 39.9 Å². The summed E-state index contributed by atoms with van der Waals surface area (Å²) >= 11 is 9.83. The molecule has 4 nitrogen and oxygen atoms in total. The van der Waals surface area contributed by atoms with E-state index in [9.17, 15) is 4.39 Å². The maximum atomic E-state index is 14.2. The van der Waals surface area contributed by atoms with Crippen molar-refractivity contribution in [3.63, 3.8) is 0 Å². The normalized spacial score (nSPS) is 17.8. The van der Waals surface area contributed by atoms with E-state index in [0.29, 0.717) is 33.0 Å². The van der Waals surface area contributed by atoms with E-state index in [-0.39, 0.29) is 11.7 Å². The van der Waals surface area contributed by atoms with Crippen molar-refractivity contribution in [1.29, 1.82) is 0 Å². The van der Waals surface area contributed by atoms with Gasteiger partial charge in [0.25, 0.3) is 0 Å². The van der Waals surface area contributed by atoms with Gasteiger partial charge in [-0.1, -0.05) is 11.6 Å². The molecule has 114 valence electrons. The van der Waals surface area contributed by atoms with Crippen molar-refractivity contribution in [2.75, 3.05) is 11.6 Å². The summed E-state index contributed by atoms with van der Waals surface area (Å²) in [5.74, 6) is 5.66. The minimum absolute atomic E-state index is 0.122. The summed E-state index contributed by atoms with van der Waals surface area (Å²) in [7, 11) is 0.